The fourth-order valence-electron chi connectivity index (χ4n) is 3.56. The van der Waals surface area contributed by atoms with E-state index in [-0.39, 0.29) is 17.7 Å². The number of carbonyl (C=O) groups excluding carboxylic acids is 2. The predicted octanol–water partition coefficient (Wildman–Crippen LogP) is 4.30. The first-order valence-corrected chi connectivity index (χ1v) is 9.76. The lowest BCUT2D eigenvalue weighted by Gasteiger charge is -2.32. The quantitative estimate of drug-likeness (QED) is 0.773. The van der Waals surface area contributed by atoms with Crippen molar-refractivity contribution in [3.8, 4) is 0 Å². The highest BCUT2D eigenvalue weighted by Gasteiger charge is 2.27. The monoisotopic (exact) mass is 368 g/mol. The third-order valence-corrected chi connectivity index (χ3v) is 5.12. The van der Waals surface area contributed by atoms with Crippen LogP contribution in [0.3, 0.4) is 0 Å². The van der Waals surface area contributed by atoms with Gasteiger partial charge >= 0.3 is 6.03 Å². The molecule has 0 spiro atoms. The molecule has 6 heteroatoms. The summed E-state index contributed by atoms with van der Waals surface area (Å²) in [4.78, 5) is 30.5. The molecule has 2 amide bonds. The van der Waals surface area contributed by atoms with Crippen molar-refractivity contribution in [2.24, 2.45) is 0 Å². The molecule has 1 aromatic carbocycles. The van der Waals surface area contributed by atoms with Crippen molar-refractivity contribution < 1.29 is 9.59 Å². The number of nitrogens with one attached hydrogen (secondary N) is 1. The van der Waals surface area contributed by atoms with Gasteiger partial charge in [0.05, 0.1) is 0 Å². The van der Waals surface area contributed by atoms with Gasteiger partial charge in [-0.05, 0) is 50.5 Å². The van der Waals surface area contributed by atoms with Crippen LogP contribution in [0.2, 0.25) is 0 Å². The minimum absolute atomic E-state index is 0.0188. The summed E-state index contributed by atoms with van der Waals surface area (Å²) < 4.78 is 2.23. The van der Waals surface area contributed by atoms with Gasteiger partial charge in [0, 0.05) is 49.2 Å². The fourth-order valence-corrected chi connectivity index (χ4v) is 3.56. The number of nitrogens with zero attached hydrogens (tertiary/aromatic N) is 3. The van der Waals surface area contributed by atoms with Crippen LogP contribution >= 0.6 is 0 Å². The molecule has 2 aromatic rings. The number of urea groups is 1. The molecule has 0 bridgehead atoms. The number of amides is 2. The molecular weight excluding hydrogens is 340 g/mol. The minimum atomic E-state index is -0.0954. The Morgan fingerprint density at radius 3 is 2.74 bits per heavy atom. The summed E-state index contributed by atoms with van der Waals surface area (Å²) >= 11 is 0. The third-order valence-electron chi connectivity index (χ3n) is 5.12. The molecule has 1 atom stereocenters. The summed E-state index contributed by atoms with van der Waals surface area (Å²) in [6, 6.07) is 6.92. The van der Waals surface area contributed by atoms with Crippen LogP contribution in [0.5, 0.6) is 0 Å². The lowest BCUT2D eigenvalue weighted by molar-refractivity contribution is 0.101. The van der Waals surface area contributed by atoms with Crippen molar-refractivity contribution in [2.75, 3.05) is 18.4 Å². The van der Waals surface area contributed by atoms with Crippen molar-refractivity contribution in [3.63, 3.8) is 0 Å². The second-order valence-corrected chi connectivity index (χ2v) is 7.18. The molecule has 1 aliphatic heterocycles. The van der Waals surface area contributed by atoms with Crippen LogP contribution in [0, 0.1) is 0 Å². The number of benzene rings is 1. The maximum absolute atomic E-state index is 12.7. The molecule has 0 unspecified atom stereocenters. The molecule has 0 saturated carbocycles. The number of aromatic nitrogens is 2. The number of unbranched alkanes of at least 4 members (excludes halogenated alkanes) is 1. The third kappa shape index (κ3) is 4.76. The average Bonchev–Trinajstić information content (AvgIpc) is 3.15. The molecule has 0 radical (unpaired) electrons. The highest BCUT2D eigenvalue weighted by atomic mass is 16.2. The Morgan fingerprint density at radius 2 is 2.04 bits per heavy atom. The van der Waals surface area contributed by atoms with Gasteiger partial charge < -0.3 is 14.8 Å². The average molecular weight is 368 g/mol. The molecule has 27 heavy (non-hydrogen) atoms. The zero-order valence-corrected chi connectivity index (χ0v) is 16.1. The van der Waals surface area contributed by atoms with Gasteiger partial charge in [0.1, 0.15) is 5.82 Å². The van der Waals surface area contributed by atoms with E-state index < -0.39 is 0 Å². The maximum Gasteiger partial charge on any atom is 0.321 e. The van der Waals surface area contributed by atoms with Crippen molar-refractivity contribution >= 4 is 17.5 Å². The highest BCUT2D eigenvalue weighted by Crippen LogP contribution is 2.26. The van der Waals surface area contributed by atoms with Crippen LogP contribution in [0.25, 0.3) is 0 Å². The number of likely N-dealkylation sites (tertiary alicyclic amines) is 1. The fraction of sp³-hybridized carbons (Fsp3) is 0.476. The second kappa shape index (κ2) is 8.84. The molecule has 1 N–H and O–H groups in total. The second-order valence-electron chi connectivity index (χ2n) is 7.18. The van der Waals surface area contributed by atoms with E-state index in [1.807, 2.05) is 17.3 Å². The van der Waals surface area contributed by atoms with E-state index in [0.717, 1.165) is 44.6 Å². The van der Waals surface area contributed by atoms with Crippen molar-refractivity contribution in [1.29, 1.82) is 0 Å². The smallest absolute Gasteiger partial charge is 0.321 e. The van der Waals surface area contributed by atoms with E-state index in [1.165, 1.54) is 6.92 Å². The molecule has 1 fully saturated rings. The van der Waals surface area contributed by atoms with Crippen LogP contribution in [0.15, 0.2) is 36.7 Å². The topological polar surface area (TPSA) is 67.2 Å². The Balaban J connectivity index is 1.62. The number of aryl methyl sites for hydroxylation is 1. The highest BCUT2D eigenvalue weighted by molar-refractivity contribution is 5.95. The molecule has 0 aliphatic carbocycles. The molecule has 1 aromatic heterocycles. The summed E-state index contributed by atoms with van der Waals surface area (Å²) in [6.45, 7) is 6.14. The van der Waals surface area contributed by atoms with Crippen LogP contribution in [0.1, 0.15) is 61.6 Å². The van der Waals surface area contributed by atoms with Crippen LogP contribution in [-0.4, -0.2) is 39.4 Å². The van der Waals surface area contributed by atoms with Gasteiger partial charge in [-0.15, -0.1) is 0 Å². The largest absolute Gasteiger partial charge is 0.335 e. The van der Waals surface area contributed by atoms with Gasteiger partial charge in [-0.25, -0.2) is 9.78 Å². The van der Waals surface area contributed by atoms with E-state index >= 15 is 0 Å². The van der Waals surface area contributed by atoms with Gasteiger partial charge in [-0.3, -0.25) is 4.79 Å². The zero-order valence-electron chi connectivity index (χ0n) is 16.1. The van der Waals surface area contributed by atoms with E-state index in [1.54, 1.807) is 24.3 Å². The van der Waals surface area contributed by atoms with Crippen LogP contribution in [-0.2, 0) is 6.54 Å². The summed E-state index contributed by atoms with van der Waals surface area (Å²) in [7, 11) is 0. The summed E-state index contributed by atoms with van der Waals surface area (Å²) in [6.07, 6.45) is 8.22. The van der Waals surface area contributed by atoms with Crippen LogP contribution < -0.4 is 5.32 Å². The van der Waals surface area contributed by atoms with E-state index in [4.69, 9.17) is 0 Å². The number of imidazole rings is 1. The summed E-state index contributed by atoms with van der Waals surface area (Å²) in [5.74, 6) is 1.38. The number of anilines is 1. The number of Topliss-reactive ketones (excluding diaryl/α,β-unsaturated/α-hetero) is 1. The van der Waals surface area contributed by atoms with Gasteiger partial charge in [0.15, 0.2) is 5.78 Å². The van der Waals surface area contributed by atoms with Crippen LogP contribution in [0.4, 0.5) is 10.5 Å². The first kappa shape index (κ1) is 19.1. The summed E-state index contributed by atoms with van der Waals surface area (Å²) in [5, 5.41) is 2.94. The minimum Gasteiger partial charge on any atom is -0.335 e. The Labute approximate surface area is 160 Å². The van der Waals surface area contributed by atoms with E-state index in [2.05, 4.69) is 21.8 Å². The van der Waals surface area contributed by atoms with Crippen molar-refractivity contribution in [2.45, 2.75) is 52.0 Å². The Kier molecular flexibility index (Phi) is 6.27. The SMILES string of the molecule is CCCCn1ccnc1[C@H]1CCCN(C(=O)Nc2ccc(C(C)=O)cc2)C1. The molecule has 1 aliphatic rings. The maximum atomic E-state index is 12.7. The van der Waals surface area contributed by atoms with Gasteiger partial charge in [0.2, 0.25) is 0 Å². The molecule has 1 saturated heterocycles. The van der Waals surface area contributed by atoms with E-state index in [0.29, 0.717) is 17.8 Å². The number of hydrogen-bond donors (Lipinski definition) is 1. The first-order valence-electron chi connectivity index (χ1n) is 9.76. The number of piperidine rings is 1. The predicted molar refractivity (Wildman–Crippen MR) is 106 cm³/mol. The molecule has 2 heterocycles. The zero-order chi connectivity index (χ0) is 19.2. The molecule has 144 valence electrons. The molecular formula is C21H28N4O2. The molecule has 6 nitrogen and oxygen atoms in total. The van der Waals surface area contributed by atoms with Crippen molar-refractivity contribution in [1.82, 2.24) is 14.5 Å². The molecule has 3 rings (SSSR count). The summed E-state index contributed by atoms with van der Waals surface area (Å²) in [5.41, 5.74) is 1.35. The normalized spacial score (nSPS) is 17.0. The van der Waals surface area contributed by atoms with Crippen molar-refractivity contribution in [3.05, 3.63) is 48.0 Å². The van der Waals surface area contributed by atoms with Gasteiger partial charge in [-0.1, -0.05) is 13.3 Å². The first-order chi connectivity index (χ1) is 13.1. The number of carbonyl (C=O) groups is 2. The lowest BCUT2D eigenvalue weighted by Crippen LogP contribution is -2.42. The number of rotatable bonds is 6. The van der Waals surface area contributed by atoms with Gasteiger partial charge in [0.25, 0.3) is 0 Å². The Bertz CT molecular complexity index is 782. The number of ketones is 1. The van der Waals surface area contributed by atoms with E-state index in [9.17, 15) is 9.59 Å². The number of hydrogen-bond acceptors (Lipinski definition) is 3. The standard InChI is InChI=1S/C21H28N4O2/c1-3-4-12-24-14-11-22-20(24)18-6-5-13-25(15-18)21(27)23-19-9-7-17(8-10-19)16(2)26/h7-11,14,18H,3-6,12-13,15H2,1-2H3,(H,23,27)/t18-/m0/s1. The lowest BCUT2D eigenvalue weighted by atomic mass is 9.97. The van der Waals surface area contributed by atoms with Gasteiger partial charge in [-0.2, -0.15) is 0 Å². The Morgan fingerprint density at radius 1 is 1.26 bits per heavy atom. The Hall–Kier alpha value is -2.63.